The largest absolute Gasteiger partial charge is 0.460 e. The number of morpholine rings is 1. The number of benzene rings is 2. The molecule has 1 saturated heterocycles. The number of nitrogens with zero attached hydrogens (tertiary/aromatic N) is 1. The molecule has 0 spiro atoms. The van der Waals surface area contributed by atoms with Gasteiger partial charge < -0.3 is 9.47 Å². The number of carbonyl (C=O) groups is 1. The lowest BCUT2D eigenvalue weighted by Crippen LogP contribution is -2.56. The first kappa shape index (κ1) is 17.6. The molecule has 3 rings (SSSR count). The Morgan fingerprint density at radius 1 is 1.08 bits per heavy atom. The highest BCUT2D eigenvalue weighted by Crippen LogP contribution is 2.23. The van der Waals surface area contributed by atoms with Gasteiger partial charge in [0.15, 0.2) is 0 Å². The monoisotopic (exact) mass is 339 g/mol. The minimum atomic E-state index is -0.378. The van der Waals surface area contributed by atoms with E-state index in [1.165, 1.54) is 5.56 Å². The molecule has 0 aromatic heterocycles. The van der Waals surface area contributed by atoms with Gasteiger partial charge in [0.1, 0.15) is 12.6 Å². The maximum atomic E-state index is 12.6. The lowest BCUT2D eigenvalue weighted by molar-refractivity contribution is -0.170. The van der Waals surface area contributed by atoms with Gasteiger partial charge >= 0.3 is 5.97 Å². The van der Waals surface area contributed by atoms with E-state index >= 15 is 0 Å². The van der Waals surface area contributed by atoms with Crippen LogP contribution in [-0.4, -0.2) is 35.7 Å². The second kappa shape index (κ2) is 7.81. The van der Waals surface area contributed by atoms with Crippen LogP contribution in [-0.2, 0) is 27.4 Å². The maximum Gasteiger partial charge on any atom is 0.326 e. The van der Waals surface area contributed by atoms with E-state index in [1.807, 2.05) is 48.5 Å². The van der Waals surface area contributed by atoms with Crippen LogP contribution >= 0.6 is 0 Å². The molecule has 132 valence electrons. The number of carbonyl (C=O) groups excluding carboxylic acids is 1. The second-order valence-electron chi connectivity index (χ2n) is 7.07. The fraction of sp³-hybridized carbons (Fsp3) is 0.381. The molecule has 1 aliphatic heterocycles. The zero-order chi connectivity index (χ0) is 17.7. The lowest BCUT2D eigenvalue weighted by Gasteiger charge is -2.42. The first-order chi connectivity index (χ1) is 12.0. The van der Waals surface area contributed by atoms with Crippen molar-refractivity contribution in [3.63, 3.8) is 0 Å². The van der Waals surface area contributed by atoms with Gasteiger partial charge in [-0.3, -0.25) is 9.69 Å². The van der Waals surface area contributed by atoms with E-state index in [-0.39, 0.29) is 17.6 Å². The molecule has 0 amide bonds. The van der Waals surface area contributed by atoms with Gasteiger partial charge in [0.2, 0.25) is 0 Å². The molecule has 1 heterocycles. The predicted octanol–water partition coefficient (Wildman–Crippen LogP) is 3.41. The first-order valence-corrected chi connectivity index (χ1v) is 8.66. The molecule has 2 aromatic rings. The number of ether oxygens (including phenoxy) is 2. The molecule has 25 heavy (non-hydrogen) atoms. The number of rotatable bonds is 5. The molecule has 0 bridgehead atoms. The molecular weight excluding hydrogens is 314 g/mol. The van der Waals surface area contributed by atoms with E-state index in [9.17, 15) is 4.79 Å². The molecule has 0 aliphatic carbocycles. The zero-order valence-electron chi connectivity index (χ0n) is 14.9. The van der Waals surface area contributed by atoms with Crippen molar-refractivity contribution in [3.8, 4) is 0 Å². The standard InChI is InChI=1S/C21H25NO3/c1-21(2)16-22(13-17-9-5-3-6-10-17)19(15-25-21)20(23)24-14-18-11-7-4-8-12-18/h3-12,19H,13-16H2,1-2H3/t19-/m0/s1. The van der Waals surface area contributed by atoms with Gasteiger partial charge in [-0.05, 0) is 25.0 Å². The maximum absolute atomic E-state index is 12.6. The summed E-state index contributed by atoms with van der Waals surface area (Å²) in [7, 11) is 0. The van der Waals surface area contributed by atoms with Crippen molar-refractivity contribution in [1.82, 2.24) is 4.90 Å². The van der Waals surface area contributed by atoms with Gasteiger partial charge in [-0.1, -0.05) is 60.7 Å². The summed E-state index contributed by atoms with van der Waals surface area (Å²) in [6.45, 7) is 6.14. The van der Waals surface area contributed by atoms with Crippen LogP contribution in [0.5, 0.6) is 0 Å². The van der Waals surface area contributed by atoms with Crippen molar-refractivity contribution < 1.29 is 14.3 Å². The van der Waals surface area contributed by atoms with E-state index in [0.29, 0.717) is 26.3 Å². The second-order valence-corrected chi connectivity index (χ2v) is 7.07. The van der Waals surface area contributed by atoms with E-state index < -0.39 is 0 Å². The third-order valence-corrected chi connectivity index (χ3v) is 4.38. The number of esters is 1. The van der Waals surface area contributed by atoms with E-state index in [4.69, 9.17) is 9.47 Å². The smallest absolute Gasteiger partial charge is 0.326 e. The molecule has 0 saturated carbocycles. The Bertz CT molecular complexity index is 685. The van der Waals surface area contributed by atoms with Crippen LogP contribution in [0.4, 0.5) is 0 Å². The molecule has 4 nitrogen and oxygen atoms in total. The van der Waals surface area contributed by atoms with Crippen LogP contribution in [0.1, 0.15) is 25.0 Å². The minimum absolute atomic E-state index is 0.227. The first-order valence-electron chi connectivity index (χ1n) is 8.66. The van der Waals surface area contributed by atoms with Crippen LogP contribution in [0, 0.1) is 0 Å². The Hall–Kier alpha value is -2.17. The fourth-order valence-electron chi connectivity index (χ4n) is 3.08. The third kappa shape index (κ3) is 4.91. The Morgan fingerprint density at radius 2 is 1.68 bits per heavy atom. The lowest BCUT2D eigenvalue weighted by atomic mass is 10.0. The number of hydrogen-bond donors (Lipinski definition) is 0. The topological polar surface area (TPSA) is 38.8 Å². The van der Waals surface area contributed by atoms with Crippen molar-refractivity contribution >= 4 is 5.97 Å². The molecule has 1 atom stereocenters. The van der Waals surface area contributed by atoms with Crippen LogP contribution < -0.4 is 0 Å². The summed E-state index contributed by atoms with van der Waals surface area (Å²) in [6.07, 6.45) is 0. The van der Waals surface area contributed by atoms with Crippen molar-refractivity contribution in [2.45, 2.75) is 38.6 Å². The van der Waals surface area contributed by atoms with Crippen molar-refractivity contribution in [3.05, 3.63) is 71.8 Å². The Labute approximate surface area is 149 Å². The average molecular weight is 339 g/mol. The Morgan fingerprint density at radius 3 is 2.32 bits per heavy atom. The van der Waals surface area contributed by atoms with Crippen LogP contribution in [0.15, 0.2) is 60.7 Å². The summed E-state index contributed by atoms with van der Waals surface area (Å²) in [5, 5.41) is 0. The van der Waals surface area contributed by atoms with Crippen molar-refractivity contribution in [1.29, 1.82) is 0 Å². The van der Waals surface area contributed by atoms with Crippen LogP contribution in [0.3, 0.4) is 0 Å². The summed E-state index contributed by atoms with van der Waals surface area (Å²) in [5.41, 5.74) is 1.90. The average Bonchev–Trinajstić information content (AvgIpc) is 2.61. The van der Waals surface area contributed by atoms with Crippen LogP contribution in [0.2, 0.25) is 0 Å². The third-order valence-electron chi connectivity index (χ3n) is 4.38. The van der Waals surface area contributed by atoms with Gasteiger partial charge in [0, 0.05) is 13.1 Å². The van der Waals surface area contributed by atoms with Gasteiger partial charge in [-0.25, -0.2) is 0 Å². The summed E-state index contributed by atoms with van der Waals surface area (Å²) < 4.78 is 11.4. The van der Waals surface area contributed by atoms with E-state index in [1.54, 1.807) is 0 Å². The summed E-state index contributed by atoms with van der Waals surface area (Å²) in [6, 6.07) is 19.6. The Kier molecular flexibility index (Phi) is 5.51. The van der Waals surface area contributed by atoms with Crippen molar-refractivity contribution in [2.75, 3.05) is 13.2 Å². The summed E-state index contributed by atoms with van der Waals surface area (Å²) in [5.74, 6) is -0.227. The molecular formula is C21H25NO3. The van der Waals surface area contributed by atoms with E-state index in [0.717, 1.165) is 5.56 Å². The quantitative estimate of drug-likeness (QED) is 0.783. The molecule has 0 unspecified atom stereocenters. The summed E-state index contributed by atoms with van der Waals surface area (Å²) in [4.78, 5) is 14.8. The van der Waals surface area contributed by atoms with Gasteiger partial charge in [-0.2, -0.15) is 0 Å². The van der Waals surface area contributed by atoms with Crippen molar-refractivity contribution in [2.24, 2.45) is 0 Å². The Balaban J connectivity index is 1.67. The molecule has 2 aromatic carbocycles. The molecule has 1 aliphatic rings. The molecule has 4 heteroatoms. The highest BCUT2D eigenvalue weighted by atomic mass is 16.5. The minimum Gasteiger partial charge on any atom is -0.460 e. The predicted molar refractivity (Wildman–Crippen MR) is 96.9 cm³/mol. The van der Waals surface area contributed by atoms with E-state index in [2.05, 4.69) is 30.9 Å². The zero-order valence-corrected chi connectivity index (χ0v) is 14.9. The molecule has 1 fully saturated rings. The highest BCUT2D eigenvalue weighted by Gasteiger charge is 2.38. The highest BCUT2D eigenvalue weighted by molar-refractivity contribution is 5.76. The van der Waals surface area contributed by atoms with Gasteiger partial charge in [-0.15, -0.1) is 0 Å². The van der Waals surface area contributed by atoms with Gasteiger partial charge in [0.25, 0.3) is 0 Å². The number of hydrogen-bond acceptors (Lipinski definition) is 4. The SMILES string of the molecule is CC1(C)CN(Cc2ccccc2)[C@H](C(=O)OCc2ccccc2)CO1. The van der Waals surface area contributed by atoms with Crippen LogP contribution in [0.25, 0.3) is 0 Å². The fourth-order valence-corrected chi connectivity index (χ4v) is 3.08. The molecule has 0 N–H and O–H groups in total. The normalized spacial score (nSPS) is 20.2. The molecule has 0 radical (unpaired) electrons. The van der Waals surface area contributed by atoms with Gasteiger partial charge in [0.05, 0.1) is 12.2 Å². The summed E-state index contributed by atoms with van der Waals surface area (Å²) >= 11 is 0.